The molecule has 0 bridgehead atoms. The average molecular weight is 355 g/mol. The molecule has 0 unspecified atom stereocenters. The molecule has 0 radical (unpaired) electrons. The van der Waals surface area contributed by atoms with Gasteiger partial charge in [0.2, 0.25) is 0 Å². The van der Waals surface area contributed by atoms with Gasteiger partial charge in [0.25, 0.3) is 0 Å². The second-order valence-corrected chi connectivity index (χ2v) is 6.85. The zero-order valence-electron chi connectivity index (χ0n) is 14.7. The summed E-state index contributed by atoms with van der Waals surface area (Å²) in [6.45, 7) is 7.97. The van der Waals surface area contributed by atoms with Gasteiger partial charge in [0.1, 0.15) is 5.75 Å². The Labute approximate surface area is 149 Å². The van der Waals surface area contributed by atoms with Crippen LogP contribution in [0, 0.1) is 0 Å². The van der Waals surface area contributed by atoms with Crippen molar-refractivity contribution in [3.8, 4) is 5.75 Å². The van der Waals surface area contributed by atoms with Crippen molar-refractivity contribution in [1.82, 2.24) is 9.80 Å². The van der Waals surface area contributed by atoms with Gasteiger partial charge in [-0.05, 0) is 64.1 Å². The van der Waals surface area contributed by atoms with Crippen LogP contribution in [0.2, 0.25) is 5.02 Å². The van der Waals surface area contributed by atoms with Gasteiger partial charge in [0.05, 0.1) is 5.02 Å². The second-order valence-electron chi connectivity index (χ2n) is 6.44. The Balaban J connectivity index is 1.93. The van der Waals surface area contributed by atoms with Crippen LogP contribution in [-0.2, 0) is 11.3 Å². The number of carboxylic acids is 1. The molecule has 0 saturated carbocycles. The maximum Gasteiger partial charge on any atom is 0.344 e. The van der Waals surface area contributed by atoms with Crippen LogP contribution in [0.4, 0.5) is 0 Å². The standard InChI is InChI=1S/C18H27ClN2O3/c1-4-21-9-7-15(8-10-21)20(3)12-14-5-6-17(16(19)11-14)24-13(2)18(22)23/h5-6,11,13,15H,4,7-10,12H2,1-3H3,(H,22,23)/t13-/m0/s1. The summed E-state index contributed by atoms with van der Waals surface area (Å²) >= 11 is 6.24. The molecule has 1 aromatic carbocycles. The molecule has 6 heteroatoms. The van der Waals surface area contributed by atoms with Gasteiger partial charge in [-0.15, -0.1) is 0 Å². The molecule has 0 aliphatic carbocycles. The fourth-order valence-electron chi connectivity index (χ4n) is 3.07. The van der Waals surface area contributed by atoms with E-state index >= 15 is 0 Å². The number of piperidine rings is 1. The van der Waals surface area contributed by atoms with E-state index in [9.17, 15) is 4.79 Å². The highest BCUT2D eigenvalue weighted by molar-refractivity contribution is 6.32. The number of hydrogen-bond acceptors (Lipinski definition) is 4. The predicted molar refractivity (Wildman–Crippen MR) is 95.8 cm³/mol. The normalized spacial score (nSPS) is 17.9. The number of carbonyl (C=O) groups is 1. The molecule has 0 spiro atoms. The first-order chi connectivity index (χ1) is 11.4. The number of halogens is 1. The minimum Gasteiger partial charge on any atom is -0.479 e. The van der Waals surface area contributed by atoms with E-state index in [2.05, 4.69) is 23.8 Å². The van der Waals surface area contributed by atoms with Crippen molar-refractivity contribution in [3.63, 3.8) is 0 Å². The zero-order chi connectivity index (χ0) is 17.7. The number of rotatable bonds is 7. The van der Waals surface area contributed by atoms with Crippen LogP contribution >= 0.6 is 11.6 Å². The van der Waals surface area contributed by atoms with Crippen LogP contribution < -0.4 is 4.74 Å². The van der Waals surface area contributed by atoms with Crippen molar-refractivity contribution in [1.29, 1.82) is 0 Å². The van der Waals surface area contributed by atoms with Crippen LogP contribution in [0.15, 0.2) is 18.2 Å². The molecule has 1 heterocycles. The summed E-state index contributed by atoms with van der Waals surface area (Å²) in [7, 11) is 2.15. The van der Waals surface area contributed by atoms with E-state index in [-0.39, 0.29) is 0 Å². The molecule has 1 fully saturated rings. The minimum absolute atomic E-state index is 0.411. The Morgan fingerprint density at radius 3 is 2.67 bits per heavy atom. The Kier molecular flexibility index (Phi) is 6.90. The van der Waals surface area contributed by atoms with Crippen molar-refractivity contribution in [2.75, 3.05) is 26.7 Å². The molecule has 1 aliphatic heterocycles. The third-order valence-corrected chi connectivity index (χ3v) is 5.00. The maximum absolute atomic E-state index is 10.9. The molecule has 0 aromatic heterocycles. The minimum atomic E-state index is -1.01. The molecule has 2 rings (SSSR count). The number of aliphatic carboxylic acids is 1. The lowest BCUT2D eigenvalue weighted by atomic mass is 10.0. The molecule has 1 aliphatic rings. The number of ether oxygens (including phenoxy) is 1. The second kappa shape index (κ2) is 8.70. The Hall–Kier alpha value is -1.30. The summed E-state index contributed by atoms with van der Waals surface area (Å²) in [5.74, 6) is -0.595. The summed E-state index contributed by atoms with van der Waals surface area (Å²) in [4.78, 5) is 15.7. The smallest absolute Gasteiger partial charge is 0.344 e. The molecule has 1 aromatic rings. The number of nitrogens with zero attached hydrogens (tertiary/aromatic N) is 2. The average Bonchev–Trinajstić information content (AvgIpc) is 2.57. The monoisotopic (exact) mass is 354 g/mol. The van der Waals surface area contributed by atoms with Gasteiger partial charge in [0.15, 0.2) is 6.10 Å². The van der Waals surface area contributed by atoms with Gasteiger partial charge in [-0.3, -0.25) is 4.90 Å². The molecule has 0 amide bonds. The summed E-state index contributed by atoms with van der Waals surface area (Å²) < 4.78 is 5.36. The highest BCUT2D eigenvalue weighted by atomic mass is 35.5. The van der Waals surface area contributed by atoms with E-state index in [0.717, 1.165) is 31.7 Å². The molecule has 1 atom stereocenters. The molecule has 5 nitrogen and oxygen atoms in total. The van der Waals surface area contributed by atoms with Crippen molar-refractivity contribution >= 4 is 17.6 Å². The van der Waals surface area contributed by atoms with Gasteiger partial charge in [-0.1, -0.05) is 24.6 Å². The van der Waals surface area contributed by atoms with Gasteiger partial charge in [-0.25, -0.2) is 4.79 Å². The first-order valence-electron chi connectivity index (χ1n) is 8.51. The fraction of sp³-hybridized carbons (Fsp3) is 0.611. The van der Waals surface area contributed by atoms with Crippen molar-refractivity contribution in [2.45, 2.75) is 45.4 Å². The zero-order valence-corrected chi connectivity index (χ0v) is 15.4. The van der Waals surface area contributed by atoms with Crippen LogP contribution in [0.5, 0.6) is 5.75 Å². The first-order valence-corrected chi connectivity index (χ1v) is 8.89. The highest BCUT2D eigenvalue weighted by Gasteiger charge is 2.22. The van der Waals surface area contributed by atoms with E-state index in [1.54, 1.807) is 6.07 Å². The SMILES string of the molecule is CCN1CCC(N(C)Cc2ccc(O[C@@H](C)C(=O)O)c(Cl)c2)CC1. The summed E-state index contributed by atoms with van der Waals surface area (Å²) in [6, 6.07) is 6.16. The number of likely N-dealkylation sites (tertiary alicyclic amines) is 1. The number of hydrogen-bond donors (Lipinski definition) is 1. The third-order valence-electron chi connectivity index (χ3n) is 4.71. The highest BCUT2D eigenvalue weighted by Crippen LogP contribution is 2.27. The first kappa shape index (κ1) is 19.0. The van der Waals surface area contributed by atoms with Crippen LogP contribution in [0.3, 0.4) is 0 Å². The lowest BCUT2D eigenvalue weighted by Gasteiger charge is -2.36. The van der Waals surface area contributed by atoms with E-state index in [1.165, 1.54) is 19.8 Å². The maximum atomic E-state index is 10.9. The molecule has 24 heavy (non-hydrogen) atoms. The van der Waals surface area contributed by atoms with E-state index < -0.39 is 12.1 Å². The lowest BCUT2D eigenvalue weighted by Crippen LogP contribution is -2.42. The van der Waals surface area contributed by atoms with Crippen LogP contribution in [-0.4, -0.2) is 59.7 Å². The largest absolute Gasteiger partial charge is 0.479 e. The van der Waals surface area contributed by atoms with E-state index in [0.29, 0.717) is 16.8 Å². The Morgan fingerprint density at radius 2 is 2.12 bits per heavy atom. The van der Waals surface area contributed by atoms with E-state index in [4.69, 9.17) is 21.4 Å². The van der Waals surface area contributed by atoms with E-state index in [1.807, 2.05) is 12.1 Å². The van der Waals surface area contributed by atoms with Crippen molar-refractivity contribution < 1.29 is 14.6 Å². The predicted octanol–water partition coefficient (Wildman–Crippen LogP) is 3.11. The molecule has 1 N–H and O–H groups in total. The van der Waals surface area contributed by atoms with Crippen LogP contribution in [0.25, 0.3) is 0 Å². The van der Waals surface area contributed by atoms with Crippen LogP contribution in [0.1, 0.15) is 32.3 Å². The lowest BCUT2D eigenvalue weighted by molar-refractivity contribution is -0.144. The summed E-state index contributed by atoms with van der Waals surface area (Å²) in [6.07, 6.45) is 1.46. The topological polar surface area (TPSA) is 53.0 Å². The quantitative estimate of drug-likeness (QED) is 0.815. The number of benzene rings is 1. The van der Waals surface area contributed by atoms with Crippen molar-refractivity contribution in [2.24, 2.45) is 0 Å². The summed E-state index contributed by atoms with van der Waals surface area (Å²) in [5, 5.41) is 9.36. The molecule has 134 valence electrons. The molecular weight excluding hydrogens is 328 g/mol. The van der Waals surface area contributed by atoms with Gasteiger partial charge in [0, 0.05) is 12.6 Å². The molecule has 1 saturated heterocycles. The van der Waals surface area contributed by atoms with Gasteiger partial charge in [-0.2, -0.15) is 0 Å². The third kappa shape index (κ3) is 5.10. The van der Waals surface area contributed by atoms with Gasteiger partial charge < -0.3 is 14.7 Å². The fourth-order valence-corrected chi connectivity index (χ4v) is 3.32. The Bertz CT molecular complexity index is 559. The molecular formula is C18H27ClN2O3. The Morgan fingerprint density at radius 1 is 1.46 bits per heavy atom. The number of carboxylic acid groups (broad SMARTS) is 1. The van der Waals surface area contributed by atoms with Crippen molar-refractivity contribution in [3.05, 3.63) is 28.8 Å². The summed E-state index contributed by atoms with van der Waals surface area (Å²) in [5.41, 5.74) is 1.11. The van der Waals surface area contributed by atoms with Gasteiger partial charge >= 0.3 is 5.97 Å².